The molecule has 0 atom stereocenters. The molecule has 0 N–H and O–H groups in total. The van der Waals surface area contributed by atoms with E-state index in [1.54, 1.807) is 0 Å². The van der Waals surface area contributed by atoms with Crippen LogP contribution in [0.3, 0.4) is 0 Å². The van der Waals surface area contributed by atoms with Crippen molar-refractivity contribution in [3.05, 3.63) is 71.8 Å². The molecule has 6 heteroatoms. The smallest absolute Gasteiger partial charge is 0.253 e. The quantitative estimate of drug-likeness (QED) is 0.551. The standard InChI is InChI=1S/C19H15ClN4O/c1-24-11-16(13-7-3-2-4-8-13)21-17(24)12-25-19-18(20)22-14-9-5-6-10-15(14)23-19/h2-11H,12H2,1H3. The van der Waals surface area contributed by atoms with Gasteiger partial charge in [-0.15, -0.1) is 0 Å². The van der Waals surface area contributed by atoms with E-state index >= 15 is 0 Å². The van der Waals surface area contributed by atoms with Crippen molar-refractivity contribution in [2.45, 2.75) is 6.61 Å². The van der Waals surface area contributed by atoms with Gasteiger partial charge in [-0.1, -0.05) is 54.1 Å². The molecule has 0 bridgehead atoms. The van der Waals surface area contributed by atoms with Gasteiger partial charge in [0.05, 0.1) is 16.7 Å². The van der Waals surface area contributed by atoms with Crippen molar-refractivity contribution in [1.82, 2.24) is 19.5 Å². The summed E-state index contributed by atoms with van der Waals surface area (Å²) in [4.78, 5) is 13.4. The highest BCUT2D eigenvalue weighted by atomic mass is 35.5. The normalized spacial score (nSPS) is 11.0. The first kappa shape index (κ1) is 15.6. The van der Waals surface area contributed by atoms with E-state index in [0.29, 0.717) is 5.88 Å². The van der Waals surface area contributed by atoms with Gasteiger partial charge in [-0.05, 0) is 12.1 Å². The summed E-state index contributed by atoms with van der Waals surface area (Å²) in [5.74, 6) is 1.09. The van der Waals surface area contributed by atoms with E-state index in [9.17, 15) is 0 Å². The van der Waals surface area contributed by atoms with Crippen LogP contribution in [0.15, 0.2) is 60.8 Å². The second-order valence-electron chi connectivity index (χ2n) is 5.62. The molecular weight excluding hydrogens is 336 g/mol. The molecule has 0 saturated heterocycles. The Morgan fingerprint density at radius 2 is 1.60 bits per heavy atom. The maximum Gasteiger partial charge on any atom is 0.253 e. The summed E-state index contributed by atoms with van der Waals surface area (Å²) in [5, 5.41) is 0.246. The van der Waals surface area contributed by atoms with E-state index in [1.165, 1.54) is 0 Å². The second-order valence-corrected chi connectivity index (χ2v) is 5.97. The van der Waals surface area contributed by atoms with E-state index in [-0.39, 0.29) is 11.8 Å². The Labute approximate surface area is 149 Å². The highest BCUT2D eigenvalue weighted by molar-refractivity contribution is 6.31. The van der Waals surface area contributed by atoms with E-state index in [1.807, 2.05) is 72.4 Å². The van der Waals surface area contributed by atoms with Gasteiger partial charge in [-0.3, -0.25) is 0 Å². The maximum atomic E-state index is 6.18. The van der Waals surface area contributed by atoms with E-state index in [0.717, 1.165) is 28.1 Å². The molecule has 4 aromatic rings. The van der Waals surface area contributed by atoms with Gasteiger partial charge in [0, 0.05) is 18.8 Å². The minimum atomic E-state index is 0.246. The van der Waals surface area contributed by atoms with Crippen LogP contribution >= 0.6 is 11.6 Å². The number of rotatable bonds is 4. The molecule has 0 aliphatic rings. The predicted molar refractivity (Wildman–Crippen MR) is 97.5 cm³/mol. The molecule has 0 spiro atoms. The summed E-state index contributed by atoms with van der Waals surface area (Å²) >= 11 is 6.18. The molecule has 0 fully saturated rings. The number of fused-ring (bicyclic) bond motifs is 1. The topological polar surface area (TPSA) is 52.8 Å². The Morgan fingerprint density at radius 1 is 0.920 bits per heavy atom. The third-order valence-electron chi connectivity index (χ3n) is 3.88. The summed E-state index contributed by atoms with van der Waals surface area (Å²) in [7, 11) is 1.94. The lowest BCUT2D eigenvalue weighted by Gasteiger charge is -2.07. The highest BCUT2D eigenvalue weighted by Gasteiger charge is 2.11. The molecule has 5 nitrogen and oxygen atoms in total. The fraction of sp³-hybridized carbons (Fsp3) is 0.105. The zero-order valence-electron chi connectivity index (χ0n) is 13.6. The van der Waals surface area contributed by atoms with Gasteiger partial charge in [0.25, 0.3) is 5.88 Å². The van der Waals surface area contributed by atoms with Gasteiger partial charge in [0.15, 0.2) is 5.15 Å². The lowest BCUT2D eigenvalue weighted by atomic mass is 10.2. The number of hydrogen-bond donors (Lipinski definition) is 0. The summed E-state index contributed by atoms with van der Waals surface area (Å²) in [6.45, 7) is 0.260. The lowest BCUT2D eigenvalue weighted by molar-refractivity contribution is 0.280. The van der Waals surface area contributed by atoms with E-state index < -0.39 is 0 Å². The van der Waals surface area contributed by atoms with Crippen LogP contribution in [0.25, 0.3) is 22.3 Å². The molecule has 0 saturated carbocycles. The molecule has 0 radical (unpaired) electrons. The number of halogens is 1. The largest absolute Gasteiger partial charge is 0.467 e. The average molecular weight is 351 g/mol. The van der Waals surface area contributed by atoms with Crippen molar-refractivity contribution in [3.8, 4) is 17.1 Å². The first-order chi connectivity index (χ1) is 12.2. The first-order valence-corrected chi connectivity index (χ1v) is 8.21. The van der Waals surface area contributed by atoms with Gasteiger partial charge < -0.3 is 9.30 Å². The lowest BCUT2D eigenvalue weighted by Crippen LogP contribution is -2.05. The second kappa shape index (κ2) is 6.53. The summed E-state index contributed by atoms with van der Waals surface area (Å²) in [6.07, 6.45) is 1.97. The number of imidazole rings is 1. The molecule has 124 valence electrons. The van der Waals surface area contributed by atoms with Gasteiger partial charge in [-0.25, -0.2) is 15.0 Å². The molecule has 2 heterocycles. The monoisotopic (exact) mass is 350 g/mol. The number of benzene rings is 2. The third kappa shape index (κ3) is 3.19. The summed E-state index contributed by atoms with van der Waals surface area (Å²) < 4.78 is 7.71. The Balaban J connectivity index is 1.58. The zero-order valence-corrected chi connectivity index (χ0v) is 14.3. The first-order valence-electron chi connectivity index (χ1n) is 7.83. The molecule has 25 heavy (non-hydrogen) atoms. The van der Waals surface area contributed by atoms with Gasteiger partial charge in [0.2, 0.25) is 0 Å². The van der Waals surface area contributed by atoms with Crippen LogP contribution in [0.1, 0.15) is 5.82 Å². The Morgan fingerprint density at radius 3 is 2.36 bits per heavy atom. The number of para-hydroxylation sites is 2. The molecule has 0 unspecified atom stereocenters. The fourth-order valence-electron chi connectivity index (χ4n) is 2.57. The molecule has 2 aromatic heterocycles. The van der Waals surface area contributed by atoms with Crippen molar-refractivity contribution in [2.75, 3.05) is 0 Å². The summed E-state index contributed by atoms with van der Waals surface area (Å²) in [5.41, 5.74) is 3.44. The highest BCUT2D eigenvalue weighted by Crippen LogP contribution is 2.24. The van der Waals surface area contributed by atoms with Gasteiger partial charge in [0.1, 0.15) is 12.4 Å². The predicted octanol–water partition coefficient (Wildman–Crippen LogP) is 4.26. The molecule has 2 aromatic carbocycles. The van der Waals surface area contributed by atoms with Crippen molar-refractivity contribution in [2.24, 2.45) is 7.05 Å². The zero-order chi connectivity index (χ0) is 17.2. The summed E-state index contributed by atoms with van der Waals surface area (Å²) in [6, 6.07) is 17.6. The number of hydrogen-bond acceptors (Lipinski definition) is 4. The molecule has 0 aliphatic heterocycles. The molecule has 0 aliphatic carbocycles. The Hall–Kier alpha value is -2.92. The van der Waals surface area contributed by atoms with Crippen LogP contribution in [0.2, 0.25) is 5.15 Å². The number of aromatic nitrogens is 4. The van der Waals surface area contributed by atoms with Gasteiger partial charge in [-0.2, -0.15) is 0 Å². The fourth-order valence-corrected chi connectivity index (χ4v) is 2.76. The minimum Gasteiger partial charge on any atom is -0.467 e. The Kier molecular flexibility index (Phi) is 4.07. The van der Waals surface area contributed by atoms with Crippen LogP contribution in [0.4, 0.5) is 0 Å². The average Bonchev–Trinajstić information content (AvgIpc) is 3.01. The molecular formula is C19H15ClN4O. The van der Waals surface area contributed by atoms with Crippen molar-refractivity contribution in [3.63, 3.8) is 0 Å². The molecule has 0 amide bonds. The van der Waals surface area contributed by atoms with Crippen LogP contribution in [0, 0.1) is 0 Å². The van der Waals surface area contributed by atoms with Crippen molar-refractivity contribution < 1.29 is 4.74 Å². The maximum absolute atomic E-state index is 6.18. The number of ether oxygens (including phenoxy) is 1. The number of nitrogens with zero attached hydrogens (tertiary/aromatic N) is 4. The number of aryl methyl sites for hydroxylation is 1. The van der Waals surface area contributed by atoms with Crippen molar-refractivity contribution in [1.29, 1.82) is 0 Å². The third-order valence-corrected chi connectivity index (χ3v) is 4.13. The van der Waals surface area contributed by atoms with Gasteiger partial charge >= 0.3 is 0 Å². The van der Waals surface area contributed by atoms with E-state index in [4.69, 9.17) is 16.3 Å². The van der Waals surface area contributed by atoms with Crippen LogP contribution in [-0.4, -0.2) is 19.5 Å². The van der Waals surface area contributed by atoms with Crippen LogP contribution in [-0.2, 0) is 13.7 Å². The Bertz CT molecular complexity index is 1030. The van der Waals surface area contributed by atoms with Crippen LogP contribution < -0.4 is 4.74 Å². The SMILES string of the molecule is Cn1cc(-c2ccccc2)nc1COc1nc2ccccc2nc1Cl. The minimum absolute atomic E-state index is 0.246. The van der Waals surface area contributed by atoms with Crippen molar-refractivity contribution >= 4 is 22.6 Å². The van der Waals surface area contributed by atoms with Crippen LogP contribution in [0.5, 0.6) is 5.88 Å². The van der Waals surface area contributed by atoms with E-state index in [2.05, 4.69) is 15.0 Å². The molecule has 4 rings (SSSR count).